The van der Waals surface area contributed by atoms with Crippen LogP contribution in [0, 0.1) is 0 Å². The van der Waals surface area contributed by atoms with E-state index >= 15 is 0 Å². The average Bonchev–Trinajstić information content (AvgIpc) is 3.91. The van der Waals surface area contributed by atoms with Crippen LogP contribution in [0.3, 0.4) is 0 Å². The van der Waals surface area contributed by atoms with E-state index in [0.717, 1.165) is 11.4 Å². The zero-order valence-corrected chi connectivity index (χ0v) is 36.8. The smallest absolute Gasteiger partial charge is 0.123 e. The fraction of sp³-hybridized carbons (Fsp3) is 0.0625. The molecular weight excluding hydrogens is 797 g/mol. The molecule has 310 valence electrons. The molecule has 66 heavy (non-hydrogen) atoms. The summed E-state index contributed by atoms with van der Waals surface area (Å²) in [7, 11) is 0. The first-order valence-corrected chi connectivity index (χ1v) is 23.2. The first kappa shape index (κ1) is 37.2. The molecule has 1 aliphatic heterocycles. The summed E-state index contributed by atoms with van der Waals surface area (Å²) in [5.41, 5.74) is 16.1. The van der Waals surface area contributed by atoms with Gasteiger partial charge in [-0.25, -0.2) is 0 Å². The van der Waals surface area contributed by atoms with Crippen molar-refractivity contribution in [2.24, 2.45) is 0 Å². The molecule has 2 nitrogen and oxygen atoms in total. The van der Waals surface area contributed by atoms with Gasteiger partial charge in [-0.05, 0) is 174 Å². The van der Waals surface area contributed by atoms with E-state index < -0.39 is 0 Å². The SMILES string of the molecule is CC1(C)c2ccccc2-c2cc3c(-c4cc5ccccc5c5ccccc45)c4ccc(-c5cccc(C6Nc7ccccc7N6)c5)cc4c(-c4cc5ccccc5c5ccccc45)c3cc21. The average molecular weight is 841 g/mol. The van der Waals surface area contributed by atoms with Crippen LogP contribution >= 0.6 is 0 Å². The highest BCUT2D eigenvalue weighted by Crippen LogP contribution is 2.55. The molecule has 0 spiro atoms. The normalized spacial score (nSPS) is 13.9. The lowest BCUT2D eigenvalue weighted by molar-refractivity contribution is 0.661. The van der Waals surface area contributed by atoms with Crippen LogP contribution < -0.4 is 10.6 Å². The van der Waals surface area contributed by atoms with Crippen LogP contribution in [-0.4, -0.2) is 0 Å². The second kappa shape index (κ2) is 13.9. The molecule has 12 aromatic carbocycles. The van der Waals surface area contributed by atoms with Crippen molar-refractivity contribution < 1.29 is 0 Å². The molecule has 1 heterocycles. The van der Waals surface area contributed by atoms with E-state index in [4.69, 9.17) is 0 Å². The molecule has 0 saturated carbocycles. The molecule has 0 amide bonds. The Balaban J connectivity index is 1.14. The molecule has 0 saturated heterocycles. The van der Waals surface area contributed by atoms with E-state index in [9.17, 15) is 0 Å². The minimum Gasteiger partial charge on any atom is -0.360 e. The predicted molar refractivity (Wildman–Crippen MR) is 282 cm³/mol. The Bertz CT molecular complexity index is 4020. The second-order valence-electron chi connectivity index (χ2n) is 18.9. The van der Waals surface area contributed by atoms with Crippen LogP contribution in [0.25, 0.3) is 109 Å². The van der Waals surface area contributed by atoms with E-state index in [1.807, 2.05) is 0 Å². The summed E-state index contributed by atoms with van der Waals surface area (Å²) < 4.78 is 0. The van der Waals surface area contributed by atoms with Gasteiger partial charge >= 0.3 is 0 Å². The number of anilines is 2. The van der Waals surface area contributed by atoms with Crippen LogP contribution in [0.5, 0.6) is 0 Å². The van der Waals surface area contributed by atoms with Crippen molar-refractivity contribution in [3.05, 3.63) is 229 Å². The highest BCUT2D eigenvalue weighted by Gasteiger charge is 2.36. The Labute approximate surface area is 383 Å². The summed E-state index contributed by atoms with van der Waals surface area (Å²) in [6, 6.07) is 79.8. The van der Waals surface area contributed by atoms with Gasteiger partial charge < -0.3 is 10.6 Å². The molecule has 0 aromatic heterocycles. The summed E-state index contributed by atoms with van der Waals surface area (Å²) >= 11 is 0. The zero-order valence-electron chi connectivity index (χ0n) is 36.8. The van der Waals surface area contributed by atoms with Crippen LogP contribution in [-0.2, 0) is 5.41 Å². The summed E-state index contributed by atoms with van der Waals surface area (Å²) in [5, 5.41) is 22.6. The number of hydrogen-bond acceptors (Lipinski definition) is 2. The lowest BCUT2D eigenvalue weighted by Gasteiger charge is -2.25. The van der Waals surface area contributed by atoms with Crippen LogP contribution in [0.1, 0.15) is 36.7 Å². The van der Waals surface area contributed by atoms with E-state index in [2.05, 4.69) is 237 Å². The van der Waals surface area contributed by atoms with Gasteiger partial charge in [-0.2, -0.15) is 0 Å². The van der Waals surface area contributed by atoms with Gasteiger partial charge in [-0.1, -0.05) is 178 Å². The third-order valence-electron chi connectivity index (χ3n) is 15.0. The van der Waals surface area contributed by atoms with Crippen molar-refractivity contribution in [3.63, 3.8) is 0 Å². The third-order valence-corrected chi connectivity index (χ3v) is 15.0. The van der Waals surface area contributed by atoms with Crippen LogP contribution in [0.2, 0.25) is 0 Å². The van der Waals surface area contributed by atoms with E-state index in [-0.39, 0.29) is 11.6 Å². The third kappa shape index (κ3) is 5.36. The van der Waals surface area contributed by atoms with E-state index in [1.165, 1.54) is 126 Å². The van der Waals surface area contributed by atoms with E-state index in [0.29, 0.717) is 0 Å². The van der Waals surface area contributed by atoms with Gasteiger partial charge in [0.05, 0.1) is 11.4 Å². The molecular formula is C64H44N2. The van der Waals surface area contributed by atoms with Crippen LogP contribution in [0.4, 0.5) is 11.4 Å². The van der Waals surface area contributed by atoms with Gasteiger partial charge in [0.15, 0.2) is 0 Å². The summed E-state index contributed by atoms with van der Waals surface area (Å²) in [6.45, 7) is 4.82. The topological polar surface area (TPSA) is 24.1 Å². The Kier molecular flexibility index (Phi) is 7.83. The van der Waals surface area contributed by atoms with Crippen molar-refractivity contribution in [1.82, 2.24) is 0 Å². The summed E-state index contributed by atoms with van der Waals surface area (Å²) in [4.78, 5) is 0. The maximum Gasteiger partial charge on any atom is 0.123 e. The zero-order chi connectivity index (χ0) is 43.7. The van der Waals surface area contributed by atoms with Gasteiger partial charge in [0, 0.05) is 5.41 Å². The standard InChI is InChI=1S/C64H44N2/c1-64(2)57-27-12-11-26-49(57)51-36-55-56(37-58(51)64)62(53-35-41-17-4-6-21-44(41)46-23-8-10-25-48(46)53)54-33-39(38-18-15-19-42(32-38)63-65-59-28-13-14-29-60(59)66-63)30-31-50(54)61(55)52-34-40-16-3-5-20-43(40)45-22-7-9-24-47(45)52/h3-37,63,65-66H,1-2H3. The van der Waals surface area contributed by atoms with Gasteiger partial charge in [0.2, 0.25) is 0 Å². The Hall–Kier alpha value is -8.20. The second-order valence-corrected chi connectivity index (χ2v) is 18.9. The number of fused-ring (bicyclic) bond motifs is 12. The van der Waals surface area contributed by atoms with Crippen molar-refractivity contribution in [2.75, 3.05) is 10.6 Å². The molecule has 0 fully saturated rings. The minimum atomic E-state index is -0.183. The van der Waals surface area contributed by atoms with Gasteiger partial charge in [-0.15, -0.1) is 0 Å². The fourth-order valence-corrected chi connectivity index (χ4v) is 11.8. The quantitative estimate of drug-likeness (QED) is 0.136. The molecule has 0 atom stereocenters. The van der Waals surface area contributed by atoms with E-state index in [1.54, 1.807) is 0 Å². The van der Waals surface area contributed by atoms with Gasteiger partial charge in [0.1, 0.15) is 6.17 Å². The largest absolute Gasteiger partial charge is 0.360 e. The Morgan fingerprint density at radius 1 is 0.318 bits per heavy atom. The summed E-state index contributed by atoms with van der Waals surface area (Å²) in [6.07, 6.45) is -0.0198. The fourth-order valence-electron chi connectivity index (χ4n) is 11.8. The maximum atomic E-state index is 3.72. The van der Waals surface area contributed by atoms with Crippen molar-refractivity contribution in [1.29, 1.82) is 0 Å². The molecule has 12 aromatic rings. The van der Waals surface area contributed by atoms with Gasteiger partial charge in [0.25, 0.3) is 0 Å². The molecule has 2 heteroatoms. The highest BCUT2D eigenvalue weighted by atomic mass is 15.2. The van der Waals surface area contributed by atoms with Crippen molar-refractivity contribution in [2.45, 2.75) is 25.4 Å². The molecule has 0 bridgehead atoms. The molecule has 0 unspecified atom stereocenters. The molecule has 2 N–H and O–H groups in total. The van der Waals surface area contributed by atoms with Crippen molar-refractivity contribution in [3.8, 4) is 44.5 Å². The molecule has 1 aliphatic carbocycles. The minimum absolute atomic E-state index is 0.0198. The lowest BCUT2D eigenvalue weighted by Crippen LogP contribution is -2.14. The Morgan fingerprint density at radius 3 is 1.50 bits per heavy atom. The first-order chi connectivity index (χ1) is 32.5. The lowest BCUT2D eigenvalue weighted by atomic mass is 9.78. The summed E-state index contributed by atoms with van der Waals surface area (Å²) in [5.74, 6) is 0. The van der Waals surface area contributed by atoms with Gasteiger partial charge in [-0.3, -0.25) is 0 Å². The first-order valence-electron chi connectivity index (χ1n) is 23.2. The number of para-hydroxylation sites is 2. The number of nitrogens with one attached hydrogen (secondary N) is 2. The maximum absolute atomic E-state index is 3.72. The molecule has 2 aliphatic rings. The number of rotatable bonds is 4. The predicted octanol–water partition coefficient (Wildman–Crippen LogP) is 17.4. The van der Waals surface area contributed by atoms with Crippen molar-refractivity contribution >= 4 is 76.0 Å². The monoisotopic (exact) mass is 840 g/mol. The molecule has 14 rings (SSSR count). The number of benzene rings is 12. The van der Waals surface area contributed by atoms with Crippen LogP contribution in [0.15, 0.2) is 212 Å². The molecule has 0 radical (unpaired) electrons. The Morgan fingerprint density at radius 2 is 0.833 bits per heavy atom. The highest BCUT2D eigenvalue weighted by molar-refractivity contribution is 6.29. The number of hydrogen-bond donors (Lipinski definition) is 2.